The molecule has 0 N–H and O–H groups in total. The van der Waals surface area contributed by atoms with Crippen LogP contribution >= 0.6 is 0 Å². The van der Waals surface area contributed by atoms with Gasteiger partial charge in [-0.2, -0.15) is 0 Å². The quantitative estimate of drug-likeness (QED) is 0.487. The summed E-state index contributed by atoms with van der Waals surface area (Å²) in [5.41, 5.74) is 3.97. The lowest BCUT2D eigenvalue weighted by atomic mass is 9.69. The van der Waals surface area contributed by atoms with Crippen molar-refractivity contribution in [3.8, 4) is 0 Å². The van der Waals surface area contributed by atoms with Crippen LogP contribution in [0.4, 0.5) is 0 Å². The molecule has 2 nitrogen and oxygen atoms in total. The van der Waals surface area contributed by atoms with Crippen LogP contribution in [0.5, 0.6) is 0 Å². The van der Waals surface area contributed by atoms with Crippen molar-refractivity contribution in [3.63, 3.8) is 0 Å². The number of carbonyl (C=O) groups excluding carboxylic acids is 2. The zero-order chi connectivity index (χ0) is 16.7. The molecule has 2 heteroatoms. The number of Topliss-reactive ketones (excluding diaryl/α,β-unsaturated/α-hetero) is 1. The Balaban J connectivity index is 2.77. The van der Waals surface area contributed by atoms with E-state index in [1.807, 2.05) is 0 Å². The van der Waals surface area contributed by atoms with Gasteiger partial charge in [-0.3, -0.25) is 4.79 Å². The monoisotopic (exact) mass is 302 g/mol. The lowest BCUT2D eigenvalue weighted by Crippen LogP contribution is -2.33. The van der Waals surface area contributed by atoms with Gasteiger partial charge in [0.05, 0.1) is 0 Å². The van der Waals surface area contributed by atoms with Crippen molar-refractivity contribution in [2.45, 2.75) is 60.3 Å². The van der Waals surface area contributed by atoms with Gasteiger partial charge in [0, 0.05) is 11.8 Å². The van der Waals surface area contributed by atoms with Gasteiger partial charge in [0.2, 0.25) is 0 Å². The standard InChI is InChI=1S/C20H30O2/c1-14(2)7-6-8-15(3)9-12-19-16(4)10-11-18(13-21)20(19)17(5)22/h7,9-10,13,18-20H,6,8,11-12H2,1-5H3/b15-9+. The molecule has 122 valence electrons. The van der Waals surface area contributed by atoms with Crippen molar-refractivity contribution in [1.29, 1.82) is 0 Å². The number of ketones is 1. The second-order valence-corrected chi connectivity index (χ2v) is 6.83. The summed E-state index contributed by atoms with van der Waals surface area (Å²) < 4.78 is 0. The first-order valence-electron chi connectivity index (χ1n) is 8.28. The molecule has 0 aliphatic heterocycles. The summed E-state index contributed by atoms with van der Waals surface area (Å²) in [6.45, 7) is 10.1. The molecule has 0 radical (unpaired) electrons. The summed E-state index contributed by atoms with van der Waals surface area (Å²) in [5.74, 6) is 0.0277. The van der Waals surface area contributed by atoms with E-state index in [-0.39, 0.29) is 23.5 Å². The second-order valence-electron chi connectivity index (χ2n) is 6.83. The normalized spacial score (nSPS) is 25.4. The molecule has 22 heavy (non-hydrogen) atoms. The zero-order valence-electron chi connectivity index (χ0n) is 14.7. The number of allylic oxidation sites excluding steroid dienone is 6. The minimum Gasteiger partial charge on any atom is -0.303 e. The minimum atomic E-state index is -0.149. The number of hydrogen-bond donors (Lipinski definition) is 0. The van der Waals surface area contributed by atoms with E-state index in [4.69, 9.17) is 0 Å². The maximum Gasteiger partial charge on any atom is 0.134 e. The van der Waals surface area contributed by atoms with Gasteiger partial charge in [0.15, 0.2) is 0 Å². The Morgan fingerprint density at radius 1 is 1.23 bits per heavy atom. The van der Waals surface area contributed by atoms with Crippen LogP contribution in [0.1, 0.15) is 60.3 Å². The van der Waals surface area contributed by atoms with Crippen molar-refractivity contribution in [2.75, 3.05) is 0 Å². The highest BCUT2D eigenvalue weighted by Crippen LogP contribution is 2.37. The molecule has 1 rings (SSSR count). The Kier molecular flexibility index (Phi) is 7.50. The van der Waals surface area contributed by atoms with Gasteiger partial charge in [-0.05, 0) is 66.2 Å². The molecular weight excluding hydrogens is 272 g/mol. The molecule has 0 aromatic rings. The van der Waals surface area contributed by atoms with Crippen LogP contribution in [0.2, 0.25) is 0 Å². The van der Waals surface area contributed by atoms with Crippen LogP contribution in [0.25, 0.3) is 0 Å². The number of hydrogen-bond acceptors (Lipinski definition) is 2. The van der Waals surface area contributed by atoms with E-state index in [2.05, 4.69) is 45.9 Å². The number of rotatable bonds is 7. The van der Waals surface area contributed by atoms with E-state index in [0.29, 0.717) is 6.42 Å². The molecule has 0 fully saturated rings. The molecule has 0 bridgehead atoms. The van der Waals surface area contributed by atoms with Gasteiger partial charge in [-0.1, -0.05) is 34.9 Å². The molecule has 0 aromatic carbocycles. The predicted octanol–water partition coefficient (Wildman–Crippen LogP) is 5.06. The van der Waals surface area contributed by atoms with Gasteiger partial charge < -0.3 is 4.79 Å². The Morgan fingerprint density at radius 3 is 2.45 bits per heavy atom. The Bertz CT molecular complexity index is 490. The average Bonchev–Trinajstić information content (AvgIpc) is 2.44. The molecule has 1 aliphatic carbocycles. The van der Waals surface area contributed by atoms with Crippen LogP contribution in [0.3, 0.4) is 0 Å². The molecule has 0 heterocycles. The summed E-state index contributed by atoms with van der Waals surface area (Å²) >= 11 is 0. The van der Waals surface area contributed by atoms with E-state index in [0.717, 1.165) is 25.5 Å². The fourth-order valence-electron chi connectivity index (χ4n) is 3.28. The first kappa shape index (κ1) is 18.6. The first-order valence-corrected chi connectivity index (χ1v) is 8.28. The SMILES string of the molecule is CC(=O)C1C(C=O)CC=C(C)C1C/C=C(\C)CCC=C(C)C. The molecule has 3 unspecified atom stereocenters. The smallest absolute Gasteiger partial charge is 0.134 e. The maximum atomic E-state index is 12.0. The predicted molar refractivity (Wildman–Crippen MR) is 92.6 cm³/mol. The van der Waals surface area contributed by atoms with Crippen molar-refractivity contribution >= 4 is 12.1 Å². The number of aldehydes is 1. The Labute approximate surface area is 135 Å². The highest BCUT2D eigenvalue weighted by molar-refractivity contribution is 5.82. The molecule has 0 aromatic heterocycles. The highest BCUT2D eigenvalue weighted by Gasteiger charge is 2.35. The fraction of sp³-hybridized carbons (Fsp3) is 0.600. The van der Waals surface area contributed by atoms with E-state index < -0.39 is 0 Å². The topological polar surface area (TPSA) is 34.1 Å². The van der Waals surface area contributed by atoms with Gasteiger partial charge >= 0.3 is 0 Å². The second kappa shape index (κ2) is 8.87. The van der Waals surface area contributed by atoms with Crippen LogP contribution in [0.15, 0.2) is 34.9 Å². The van der Waals surface area contributed by atoms with Gasteiger partial charge in [0.25, 0.3) is 0 Å². The van der Waals surface area contributed by atoms with Crippen molar-refractivity contribution in [1.82, 2.24) is 0 Å². The first-order chi connectivity index (χ1) is 10.4. The lowest BCUT2D eigenvalue weighted by Gasteiger charge is -2.33. The van der Waals surface area contributed by atoms with Crippen LogP contribution < -0.4 is 0 Å². The van der Waals surface area contributed by atoms with Gasteiger partial charge in [-0.25, -0.2) is 0 Å². The van der Waals surface area contributed by atoms with E-state index in [9.17, 15) is 9.59 Å². The van der Waals surface area contributed by atoms with E-state index in [1.165, 1.54) is 16.7 Å². The van der Waals surface area contributed by atoms with Gasteiger partial charge in [-0.15, -0.1) is 0 Å². The van der Waals surface area contributed by atoms with Crippen LogP contribution in [-0.2, 0) is 9.59 Å². The Morgan fingerprint density at radius 2 is 1.91 bits per heavy atom. The molecule has 0 spiro atoms. The van der Waals surface area contributed by atoms with Crippen molar-refractivity contribution in [3.05, 3.63) is 34.9 Å². The van der Waals surface area contributed by atoms with Gasteiger partial charge in [0.1, 0.15) is 12.1 Å². The molecule has 1 aliphatic rings. The third-order valence-corrected chi connectivity index (χ3v) is 4.65. The van der Waals surface area contributed by atoms with E-state index in [1.54, 1.807) is 6.92 Å². The summed E-state index contributed by atoms with van der Waals surface area (Å²) in [5, 5.41) is 0. The van der Waals surface area contributed by atoms with Crippen molar-refractivity contribution in [2.24, 2.45) is 17.8 Å². The maximum absolute atomic E-state index is 12.0. The van der Waals surface area contributed by atoms with Crippen LogP contribution in [0, 0.1) is 17.8 Å². The molecule has 0 saturated heterocycles. The third-order valence-electron chi connectivity index (χ3n) is 4.65. The summed E-state index contributed by atoms with van der Waals surface area (Å²) in [6.07, 6.45) is 11.3. The largest absolute Gasteiger partial charge is 0.303 e. The molecule has 0 amide bonds. The summed E-state index contributed by atoms with van der Waals surface area (Å²) in [4.78, 5) is 23.3. The fourth-order valence-corrected chi connectivity index (χ4v) is 3.28. The molecule has 3 atom stereocenters. The highest BCUT2D eigenvalue weighted by atomic mass is 16.1. The molecular formula is C20H30O2. The third kappa shape index (κ3) is 5.40. The zero-order valence-corrected chi connectivity index (χ0v) is 14.7. The average molecular weight is 302 g/mol. The summed E-state index contributed by atoms with van der Waals surface area (Å²) in [6, 6.07) is 0. The van der Waals surface area contributed by atoms with E-state index >= 15 is 0 Å². The Hall–Kier alpha value is -1.44. The molecule has 0 saturated carbocycles. The number of carbonyl (C=O) groups is 2. The minimum absolute atomic E-state index is 0.144. The van der Waals surface area contributed by atoms with Crippen LogP contribution in [-0.4, -0.2) is 12.1 Å². The lowest BCUT2D eigenvalue weighted by molar-refractivity contribution is -0.128. The van der Waals surface area contributed by atoms with Crippen molar-refractivity contribution < 1.29 is 9.59 Å². The summed E-state index contributed by atoms with van der Waals surface area (Å²) in [7, 11) is 0.